The van der Waals surface area contributed by atoms with E-state index in [9.17, 15) is 15.2 Å². The zero-order chi connectivity index (χ0) is 21.4. The number of fused-ring (bicyclic) bond motifs is 1. The van der Waals surface area contributed by atoms with Crippen LogP contribution in [0.15, 0.2) is 47.7 Å². The highest BCUT2D eigenvalue weighted by Gasteiger charge is 2.26. The second-order valence-corrected chi connectivity index (χ2v) is 7.82. The molecule has 1 aromatic carbocycles. The number of anilines is 1. The Morgan fingerprint density at radius 3 is 2.87 bits per heavy atom. The Morgan fingerprint density at radius 1 is 1.29 bits per heavy atom. The molecule has 0 amide bonds. The highest BCUT2D eigenvalue weighted by molar-refractivity contribution is 5.88. The molecule has 2 N–H and O–H groups in total. The summed E-state index contributed by atoms with van der Waals surface area (Å²) in [4.78, 5) is 28.8. The maximum Gasteiger partial charge on any atom is 0.278 e. The van der Waals surface area contributed by atoms with Gasteiger partial charge in [0.1, 0.15) is 0 Å². The molecule has 158 valence electrons. The summed E-state index contributed by atoms with van der Waals surface area (Å²) in [6.07, 6.45) is 10.1. The number of rotatable bonds is 7. The molecule has 3 aromatic rings. The van der Waals surface area contributed by atoms with E-state index in [1.807, 2.05) is 16.7 Å². The van der Waals surface area contributed by atoms with Crippen LogP contribution in [0.3, 0.4) is 0 Å². The lowest BCUT2D eigenvalue weighted by molar-refractivity contribution is -0.385. The predicted octanol–water partition coefficient (Wildman–Crippen LogP) is 3.17. The van der Waals surface area contributed by atoms with Crippen molar-refractivity contribution in [2.45, 2.75) is 31.3 Å². The van der Waals surface area contributed by atoms with Crippen molar-refractivity contribution in [1.29, 1.82) is 0 Å². The fourth-order valence-corrected chi connectivity index (χ4v) is 3.71. The van der Waals surface area contributed by atoms with Gasteiger partial charge in [-0.3, -0.25) is 10.1 Å². The normalized spacial score (nSPS) is 20.7. The first-order chi connectivity index (χ1) is 15.1. The third kappa shape index (κ3) is 3.89. The first-order valence-electron chi connectivity index (χ1n) is 10.2. The van der Waals surface area contributed by atoms with Crippen molar-refractivity contribution in [3.8, 4) is 0 Å². The lowest BCUT2D eigenvalue weighted by Gasteiger charge is -2.13. The zero-order valence-corrected chi connectivity index (χ0v) is 16.6. The monoisotopic (exact) mass is 419 g/mol. The van der Waals surface area contributed by atoms with Gasteiger partial charge in [-0.15, -0.1) is 0 Å². The third-order valence-corrected chi connectivity index (χ3v) is 5.52. The average Bonchev–Trinajstić information content (AvgIpc) is 3.29. The van der Waals surface area contributed by atoms with Gasteiger partial charge in [-0.1, -0.05) is 24.3 Å². The van der Waals surface area contributed by atoms with Crippen LogP contribution < -0.4 is 5.32 Å². The largest absolute Gasteiger partial charge is 0.396 e. The van der Waals surface area contributed by atoms with Gasteiger partial charge in [0.05, 0.1) is 22.9 Å². The van der Waals surface area contributed by atoms with E-state index in [4.69, 9.17) is 0 Å². The number of aliphatic hydroxyl groups excluding tert-OH is 1. The fourth-order valence-electron chi connectivity index (χ4n) is 3.71. The highest BCUT2D eigenvalue weighted by atomic mass is 16.6. The van der Waals surface area contributed by atoms with Crippen molar-refractivity contribution in [2.75, 3.05) is 11.9 Å². The Morgan fingerprint density at radius 2 is 2.13 bits per heavy atom. The van der Waals surface area contributed by atoms with E-state index in [0.717, 1.165) is 19.3 Å². The average molecular weight is 419 g/mol. The number of hydrogen-bond donors (Lipinski definition) is 2. The number of para-hydroxylation sites is 1. The molecule has 0 saturated heterocycles. The van der Waals surface area contributed by atoms with Gasteiger partial charge in [-0.2, -0.15) is 9.97 Å². The van der Waals surface area contributed by atoms with Crippen LogP contribution in [0.5, 0.6) is 0 Å². The minimum Gasteiger partial charge on any atom is -0.396 e. The number of hydrogen-bond acceptors (Lipinski definition) is 8. The van der Waals surface area contributed by atoms with E-state index in [-0.39, 0.29) is 30.2 Å². The lowest BCUT2D eigenvalue weighted by atomic mass is 10.1. The van der Waals surface area contributed by atoms with E-state index in [2.05, 4.69) is 25.3 Å². The van der Waals surface area contributed by atoms with E-state index < -0.39 is 4.92 Å². The maximum absolute atomic E-state index is 11.3. The van der Waals surface area contributed by atoms with Crippen LogP contribution >= 0.6 is 0 Å². The van der Waals surface area contributed by atoms with Crippen molar-refractivity contribution in [2.24, 2.45) is 10.9 Å². The van der Waals surface area contributed by atoms with Crippen molar-refractivity contribution in [1.82, 2.24) is 19.5 Å². The lowest BCUT2D eigenvalue weighted by Crippen LogP contribution is -2.09. The number of allylic oxidation sites excluding steroid dienone is 1. The van der Waals surface area contributed by atoms with Gasteiger partial charge in [0.15, 0.2) is 17.0 Å². The Labute approximate surface area is 177 Å². The van der Waals surface area contributed by atoms with Gasteiger partial charge in [0.25, 0.3) is 11.6 Å². The van der Waals surface area contributed by atoms with Gasteiger partial charge in [-0.05, 0) is 25.3 Å². The van der Waals surface area contributed by atoms with Gasteiger partial charge in [0.2, 0.25) is 0 Å². The van der Waals surface area contributed by atoms with Crippen LogP contribution in [0.1, 0.15) is 30.9 Å². The quantitative estimate of drug-likeness (QED) is 0.260. The predicted molar refractivity (Wildman–Crippen MR) is 116 cm³/mol. The molecule has 1 saturated carbocycles. The molecule has 0 bridgehead atoms. The minimum absolute atomic E-state index is 0.0279. The summed E-state index contributed by atoms with van der Waals surface area (Å²) >= 11 is 0. The number of aliphatic hydroxyl groups is 1. The third-order valence-electron chi connectivity index (χ3n) is 5.52. The molecular weight excluding hydrogens is 398 g/mol. The SMILES string of the molecule is O=[N+]([O-])c1ccccc1/C=N/c1nc(NC2CC2)c2ncn(C3C=CC(CO)C3)c2n1. The molecule has 1 fully saturated rings. The van der Waals surface area contributed by atoms with E-state index in [1.54, 1.807) is 24.5 Å². The van der Waals surface area contributed by atoms with Gasteiger partial charge < -0.3 is 15.0 Å². The molecule has 10 heteroatoms. The van der Waals surface area contributed by atoms with Crippen LogP contribution in [0, 0.1) is 16.0 Å². The molecule has 10 nitrogen and oxygen atoms in total. The number of aliphatic imine (C=N–C) groups is 1. The molecule has 5 rings (SSSR count). The molecule has 2 aliphatic rings. The Bertz CT molecular complexity index is 1200. The standard InChI is InChI=1S/C21H21N7O3/c29-11-13-5-8-16(9-13)27-12-23-18-19(24-15-6-7-15)25-21(26-20(18)27)22-10-14-3-1-2-4-17(14)28(30)31/h1-5,8,10,12-13,15-16,29H,6-7,9,11H2,(H,24,25,26)/b22-10+. The molecule has 31 heavy (non-hydrogen) atoms. The summed E-state index contributed by atoms with van der Waals surface area (Å²) in [6.45, 7) is 0.106. The van der Waals surface area contributed by atoms with Crippen molar-refractivity contribution in [3.05, 3.63) is 58.4 Å². The fraction of sp³-hybridized carbons (Fsp3) is 0.333. The molecular formula is C21H21N7O3. The van der Waals surface area contributed by atoms with Crippen molar-refractivity contribution >= 4 is 34.8 Å². The van der Waals surface area contributed by atoms with Crippen molar-refractivity contribution in [3.63, 3.8) is 0 Å². The van der Waals surface area contributed by atoms with Crippen LogP contribution in [0.25, 0.3) is 11.2 Å². The van der Waals surface area contributed by atoms with Gasteiger partial charge >= 0.3 is 0 Å². The van der Waals surface area contributed by atoms with Crippen LogP contribution in [0.2, 0.25) is 0 Å². The first-order valence-corrected chi connectivity index (χ1v) is 10.2. The maximum atomic E-state index is 11.3. The smallest absolute Gasteiger partial charge is 0.278 e. The molecule has 2 unspecified atom stereocenters. The number of benzene rings is 1. The minimum atomic E-state index is -0.440. The number of aromatic nitrogens is 4. The molecule has 2 atom stereocenters. The number of nitrogens with zero attached hydrogens (tertiary/aromatic N) is 6. The molecule has 0 spiro atoms. The van der Waals surface area contributed by atoms with E-state index in [0.29, 0.717) is 28.6 Å². The Kier molecular flexibility index (Phi) is 4.91. The van der Waals surface area contributed by atoms with Crippen LogP contribution in [0.4, 0.5) is 17.5 Å². The summed E-state index contributed by atoms with van der Waals surface area (Å²) in [5.41, 5.74) is 1.66. The second kappa shape index (κ2) is 7.88. The zero-order valence-electron chi connectivity index (χ0n) is 16.6. The van der Waals surface area contributed by atoms with Gasteiger partial charge in [-0.25, -0.2) is 9.98 Å². The molecule has 0 aliphatic heterocycles. The highest BCUT2D eigenvalue weighted by Crippen LogP contribution is 2.33. The first kappa shape index (κ1) is 19.3. The Hall–Kier alpha value is -3.66. The summed E-state index contributed by atoms with van der Waals surface area (Å²) in [6, 6.07) is 6.80. The van der Waals surface area contributed by atoms with Crippen molar-refractivity contribution < 1.29 is 10.0 Å². The second-order valence-electron chi connectivity index (χ2n) is 7.82. The summed E-state index contributed by atoms with van der Waals surface area (Å²) in [5.74, 6) is 0.933. The number of imidazole rings is 1. The molecule has 2 aromatic heterocycles. The summed E-state index contributed by atoms with van der Waals surface area (Å²) < 4.78 is 1.96. The van der Waals surface area contributed by atoms with Gasteiger partial charge in [0, 0.05) is 30.8 Å². The molecule has 2 heterocycles. The molecule has 2 aliphatic carbocycles. The molecule has 0 radical (unpaired) electrons. The number of nitrogens with one attached hydrogen (secondary N) is 1. The van der Waals surface area contributed by atoms with E-state index in [1.165, 1.54) is 12.3 Å². The summed E-state index contributed by atoms with van der Waals surface area (Å²) in [5, 5.41) is 24.1. The Balaban J connectivity index is 1.54. The van der Waals surface area contributed by atoms with Crippen LogP contribution in [-0.2, 0) is 0 Å². The van der Waals surface area contributed by atoms with E-state index >= 15 is 0 Å². The number of nitro groups is 1. The number of nitro benzene ring substituents is 1. The topological polar surface area (TPSA) is 131 Å². The summed E-state index contributed by atoms with van der Waals surface area (Å²) in [7, 11) is 0. The van der Waals surface area contributed by atoms with Crippen LogP contribution in [-0.4, -0.2) is 48.4 Å².